The minimum absolute atomic E-state index is 0.0190. The van der Waals surface area contributed by atoms with Gasteiger partial charge in [-0.05, 0) is 44.9 Å². The summed E-state index contributed by atoms with van der Waals surface area (Å²) in [6.07, 6.45) is 0.362. The molecule has 0 bridgehead atoms. The lowest BCUT2D eigenvalue weighted by atomic mass is 10.2. The maximum atomic E-state index is 13.0. The molecular weight excluding hydrogens is 378 g/mol. The van der Waals surface area contributed by atoms with Gasteiger partial charge in [0.15, 0.2) is 0 Å². The van der Waals surface area contributed by atoms with Gasteiger partial charge < -0.3 is 9.80 Å². The molecule has 0 aliphatic carbocycles. The Morgan fingerprint density at radius 3 is 2.18 bits per heavy atom. The first kappa shape index (κ1) is 22.4. The minimum atomic E-state index is -3.57. The van der Waals surface area contributed by atoms with Gasteiger partial charge in [-0.3, -0.25) is 9.59 Å². The molecule has 28 heavy (non-hydrogen) atoms. The Labute approximate surface area is 168 Å². The smallest absolute Gasteiger partial charge is 0.243 e. The van der Waals surface area contributed by atoms with Gasteiger partial charge in [0.25, 0.3) is 0 Å². The Bertz CT molecular complexity index is 811. The molecule has 8 heteroatoms. The number of hydrogen-bond donors (Lipinski definition) is 0. The van der Waals surface area contributed by atoms with Crippen LogP contribution in [0.2, 0.25) is 0 Å². The van der Waals surface area contributed by atoms with Crippen LogP contribution in [0.1, 0.15) is 37.8 Å². The van der Waals surface area contributed by atoms with Crippen LogP contribution < -0.4 is 0 Å². The number of hydrogen-bond acceptors (Lipinski definition) is 4. The monoisotopic (exact) mass is 409 g/mol. The first-order chi connectivity index (χ1) is 13.2. The molecule has 1 aliphatic heterocycles. The summed E-state index contributed by atoms with van der Waals surface area (Å²) >= 11 is 0. The Morgan fingerprint density at radius 1 is 1.00 bits per heavy atom. The molecule has 0 N–H and O–H groups in total. The maximum Gasteiger partial charge on any atom is 0.243 e. The highest BCUT2D eigenvalue weighted by atomic mass is 32.2. The van der Waals surface area contributed by atoms with Crippen molar-refractivity contribution in [3.63, 3.8) is 0 Å². The second kappa shape index (κ2) is 9.52. The highest BCUT2D eigenvalue weighted by Crippen LogP contribution is 2.22. The predicted molar refractivity (Wildman–Crippen MR) is 108 cm³/mol. The number of aryl methyl sites for hydroxylation is 2. The van der Waals surface area contributed by atoms with Crippen molar-refractivity contribution in [2.75, 3.05) is 39.3 Å². The summed E-state index contributed by atoms with van der Waals surface area (Å²) in [4.78, 5) is 28.2. The molecule has 2 rings (SSSR count). The van der Waals surface area contributed by atoms with Crippen LogP contribution in [0.25, 0.3) is 0 Å². The van der Waals surface area contributed by atoms with Crippen LogP contribution in [0.15, 0.2) is 23.1 Å². The van der Waals surface area contributed by atoms with Crippen LogP contribution in [-0.2, 0) is 19.6 Å². The third-order valence-corrected chi connectivity index (χ3v) is 7.26. The number of rotatable bonds is 7. The van der Waals surface area contributed by atoms with E-state index in [1.165, 1.54) is 4.31 Å². The van der Waals surface area contributed by atoms with Crippen LogP contribution in [-0.4, -0.2) is 73.6 Å². The van der Waals surface area contributed by atoms with Crippen molar-refractivity contribution in [1.82, 2.24) is 14.1 Å². The number of carbonyl (C=O) groups excluding carboxylic acids is 2. The highest BCUT2D eigenvalue weighted by molar-refractivity contribution is 7.89. The van der Waals surface area contributed by atoms with Crippen molar-refractivity contribution in [2.45, 2.75) is 45.4 Å². The van der Waals surface area contributed by atoms with Gasteiger partial charge in [0, 0.05) is 52.1 Å². The predicted octanol–water partition coefficient (Wildman–Crippen LogP) is 1.78. The molecule has 0 radical (unpaired) electrons. The fourth-order valence-corrected chi connectivity index (χ4v) is 5.14. The Hall–Kier alpha value is -1.93. The molecule has 1 aromatic carbocycles. The Kier molecular flexibility index (Phi) is 7.60. The van der Waals surface area contributed by atoms with Crippen molar-refractivity contribution in [3.05, 3.63) is 29.3 Å². The van der Waals surface area contributed by atoms with Crippen molar-refractivity contribution >= 4 is 21.8 Å². The van der Waals surface area contributed by atoms with Gasteiger partial charge in [0.05, 0.1) is 4.90 Å². The molecule has 1 aliphatic rings. The standard InChI is InChI=1S/C20H31N3O4S/c1-5-21(6-2)19(24)9-10-20(25)22-11-13-23(14-12-22)28(26,27)18-15-16(3)7-8-17(18)4/h7-8,15H,5-6,9-14H2,1-4H3. The van der Waals surface area contributed by atoms with Crippen molar-refractivity contribution in [2.24, 2.45) is 0 Å². The summed E-state index contributed by atoms with van der Waals surface area (Å²) in [5.41, 5.74) is 1.62. The number of piperazine rings is 1. The van der Waals surface area contributed by atoms with E-state index in [0.29, 0.717) is 31.1 Å². The van der Waals surface area contributed by atoms with Crippen LogP contribution in [0.3, 0.4) is 0 Å². The average Bonchev–Trinajstić information content (AvgIpc) is 2.68. The molecule has 0 unspecified atom stereocenters. The van der Waals surface area contributed by atoms with Gasteiger partial charge in [-0.2, -0.15) is 4.31 Å². The number of carbonyl (C=O) groups is 2. The normalized spacial score (nSPS) is 15.5. The summed E-state index contributed by atoms with van der Waals surface area (Å²) in [5, 5.41) is 0. The first-order valence-corrected chi connectivity index (χ1v) is 11.3. The van der Waals surface area contributed by atoms with Crippen molar-refractivity contribution < 1.29 is 18.0 Å². The topological polar surface area (TPSA) is 78.0 Å². The summed E-state index contributed by atoms with van der Waals surface area (Å²) in [5.74, 6) is -0.112. The summed E-state index contributed by atoms with van der Waals surface area (Å²) in [7, 11) is -3.57. The van der Waals surface area contributed by atoms with E-state index in [2.05, 4.69) is 0 Å². The summed E-state index contributed by atoms with van der Waals surface area (Å²) in [6, 6.07) is 5.40. The Morgan fingerprint density at radius 2 is 1.61 bits per heavy atom. The SMILES string of the molecule is CCN(CC)C(=O)CCC(=O)N1CCN(S(=O)(=O)c2cc(C)ccc2C)CC1. The first-order valence-electron chi connectivity index (χ1n) is 9.83. The lowest BCUT2D eigenvalue weighted by Gasteiger charge is -2.34. The summed E-state index contributed by atoms with van der Waals surface area (Å²) in [6.45, 7) is 10.0. The van der Waals surface area contributed by atoms with Crippen LogP contribution >= 0.6 is 0 Å². The third kappa shape index (κ3) is 5.11. The van der Waals surface area contributed by atoms with Crippen LogP contribution in [0.5, 0.6) is 0 Å². The molecule has 7 nitrogen and oxygen atoms in total. The Balaban J connectivity index is 1.94. The maximum absolute atomic E-state index is 13.0. The summed E-state index contributed by atoms with van der Waals surface area (Å²) < 4.78 is 27.4. The second-order valence-electron chi connectivity index (χ2n) is 7.12. The van der Waals surface area contributed by atoms with E-state index in [0.717, 1.165) is 11.1 Å². The average molecular weight is 410 g/mol. The molecule has 1 saturated heterocycles. The van der Waals surface area contributed by atoms with E-state index in [-0.39, 0.29) is 37.7 Å². The molecule has 1 aromatic rings. The molecular formula is C20H31N3O4S. The lowest BCUT2D eigenvalue weighted by molar-refractivity contribution is -0.137. The van der Waals surface area contributed by atoms with Gasteiger partial charge in [-0.15, -0.1) is 0 Å². The van der Waals surface area contributed by atoms with E-state index in [1.54, 1.807) is 22.8 Å². The van der Waals surface area contributed by atoms with E-state index >= 15 is 0 Å². The highest BCUT2D eigenvalue weighted by Gasteiger charge is 2.31. The molecule has 1 heterocycles. The molecule has 0 aromatic heterocycles. The minimum Gasteiger partial charge on any atom is -0.343 e. The molecule has 0 atom stereocenters. The van der Waals surface area contributed by atoms with E-state index in [1.807, 2.05) is 32.9 Å². The van der Waals surface area contributed by atoms with E-state index < -0.39 is 10.0 Å². The molecule has 156 valence electrons. The number of nitrogens with zero attached hydrogens (tertiary/aromatic N) is 3. The zero-order chi connectivity index (χ0) is 20.9. The fourth-order valence-electron chi connectivity index (χ4n) is 3.41. The second-order valence-corrected chi connectivity index (χ2v) is 9.03. The third-order valence-electron chi connectivity index (χ3n) is 5.22. The zero-order valence-electron chi connectivity index (χ0n) is 17.3. The number of amides is 2. The molecule has 1 fully saturated rings. The fraction of sp³-hybridized carbons (Fsp3) is 0.600. The van der Waals surface area contributed by atoms with Gasteiger partial charge in [0.2, 0.25) is 21.8 Å². The molecule has 0 spiro atoms. The largest absolute Gasteiger partial charge is 0.343 e. The number of benzene rings is 1. The molecule has 0 saturated carbocycles. The van der Waals surface area contributed by atoms with E-state index in [9.17, 15) is 18.0 Å². The van der Waals surface area contributed by atoms with Crippen LogP contribution in [0.4, 0.5) is 0 Å². The van der Waals surface area contributed by atoms with Gasteiger partial charge in [0.1, 0.15) is 0 Å². The van der Waals surface area contributed by atoms with Crippen LogP contribution in [0, 0.1) is 13.8 Å². The molecule has 2 amide bonds. The van der Waals surface area contributed by atoms with Gasteiger partial charge in [-0.25, -0.2) is 8.42 Å². The lowest BCUT2D eigenvalue weighted by Crippen LogP contribution is -2.50. The number of sulfonamides is 1. The van der Waals surface area contributed by atoms with Crippen molar-refractivity contribution in [3.8, 4) is 0 Å². The van der Waals surface area contributed by atoms with Gasteiger partial charge in [-0.1, -0.05) is 12.1 Å². The van der Waals surface area contributed by atoms with E-state index in [4.69, 9.17) is 0 Å². The van der Waals surface area contributed by atoms with Crippen molar-refractivity contribution in [1.29, 1.82) is 0 Å². The van der Waals surface area contributed by atoms with Gasteiger partial charge >= 0.3 is 0 Å². The quantitative estimate of drug-likeness (QED) is 0.688. The zero-order valence-corrected chi connectivity index (χ0v) is 18.1.